The molecule has 4 aromatic rings. The lowest BCUT2D eigenvalue weighted by Gasteiger charge is -2.16. The molecule has 1 N–H and O–H groups in total. The van der Waals surface area contributed by atoms with Gasteiger partial charge in [-0.2, -0.15) is 10.2 Å². The van der Waals surface area contributed by atoms with E-state index in [1.54, 1.807) is 12.4 Å². The van der Waals surface area contributed by atoms with Gasteiger partial charge < -0.3 is 9.47 Å². The van der Waals surface area contributed by atoms with Crippen molar-refractivity contribution in [3.63, 3.8) is 0 Å². The van der Waals surface area contributed by atoms with Crippen LogP contribution in [-0.2, 0) is 4.74 Å². The number of nitrogens with zero attached hydrogens (tertiary/aromatic N) is 3. The van der Waals surface area contributed by atoms with Crippen molar-refractivity contribution < 1.29 is 9.47 Å². The maximum absolute atomic E-state index is 13.3. The number of hydrogen-bond donors (Lipinski definition) is 1. The quantitative estimate of drug-likeness (QED) is 0.440. The lowest BCUT2D eigenvalue weighted by molar-refractivity contribution is 0.0880. The van der Waals surface area contributed by atoms with Crippen LogP contribution in [0.1, 0.15) is 31.4 Å². The van der Waals surface area contributed by atoms with Crippen LogP contribution in [0, 0.1) is 0 Å². The van der Waals surface area contributed by atoms with Crippen LogP contribution in [0.5, 0.6) is 5.75 Å². The minimum absolute atomic E-state index is 0.125. The summed E-state index contributed by atoms with van der Waals surface area (Å²) in [6.07, 6.45) is 8.03. The van der Waals surface area contributed by atoms with Gasteiger partial charge in [0.25, 0.3) is 5.56 Å². The zero-order valence-electron chi connectivity index (χ0n) is 17.3. The van der Waals surface area contributed by atoms with E-state index in [0.717, 1.165) is 40.7 Å². The zero-order valence-corrected chi connectivity index (χ0v) is 17.3. The first kappa shape index (κ1) is 19.5. The number of hydrogen-bond acceptors (Lipinski definition) is 5. The number of fused-ring (bicyclic) bond motifs is 1. The molecule has 2 aromatic carbocycles. The van der Waals surface area contributed by atoms with Crippen molar-refractivity contribution in [1.29, 1.82) is 0 Å². The molecule has 2 heterocycles. The molecular weight excluding hydrogens is 392 g/mol. The van der Waals surface area contributed by atoms with Gasteiger partial charge in [-0.15, -0.1) is 0 Å². The van der Waals surface area contributed by atoms with Crippen LogP contribution in [0.4, 0.5) is 0 Å². The first-order valence-corrected chi connectivity index (χ1v) is 10.5. The van der Waals surface area contributed by atoms with Crippen LogP contribution in [0.3, 0.4) is 0 Å². The molecule has 31 heavy (non-hydrogen) atoms. The summed E-state index contributed by atoms with van der Waals surface area (Å²) in [6.45, 7) is 3.07. The highest BCUT2D eigenvalue weighted by Gasteiger charge is 2.21. The van der Waals surface area contributed by atoms with E-state index in [1.807, 2.05) is 55.6 Å². The summed E-state index contributed by atoms with van der Waals surface area (Å²) in [5.41, 5.74) is 2.71. The molecule has 1 saturated carbocycles. The van der Waals surface area contributed by atoms with Gasteiger partial charge in [0.1, 0.15) is 12.4 Å². The molecule has 7 heteroatoms. The summed E-state index contributed by atoms with van der Waals surface area (Å²) in [5, 5.41) is 12.7. The Bertz CT molecular complexity index is 1250. The minimum Gasteiger partial charge on any atom is -0.491 e. The second-order valence-corrected chi connectivity index (χ2v) is 7.85. The molecule has 1 aliphatic rings. The van der Waals surface area contributed by atoms with Crippen LogP contribution in [0.2, 0.25) is 0 Å². The SMILES string of the molecule is C[C@H](c1cccc(OCCOC2CC2)c1)n1ncc2ccc(-c3cn[nH]c3)cc2c1=O. The van der Waals surface area contributed by atoms with Crippen molar-refractivity contribution >= 4 is 10.8 Å². The number of benzene rings is 2. The highest BCUT2D eigenvalue weighted by Crippen LogP contribution is 2.25. The van der Waals surface area contributed by atoms with Crippen LogP contribution < -0.4 is 10.3 Å². The van der Waals surface area contributed by atoms with E-state index in [1.165, 1.54) is 4.68 Å². The van der Waals surface area contributed by atoms with Crippen molar-refractivity contribution in [2.24, 2.45) is 0 Å². The van der Waals surface area contributed by atoms with Crippen molar-refractivity contribution in [3.05, 3.63) is 77.0 Å². The molecule has 1 fully saturated rings. The number of aromatic nitrogens is 4. The molecule has 7 nitrogen and oxygen atoms in total. The van der Waals surface area contributed by atoms with E-state index < -0.39 is 0 Å². The molecule has 0 saturated heterocycles. The zero-order chi connectivity index (χ0) is 21.2. The molecule has 2 aromatic heterocycles. The normalized spacial score (nSPS) is 14.6. The minimum atomic E-state index is -0.235. The van der Waals surface area contributed by atoms with Gasteiger partial charge in [-0.3, -0.25) is 9.89 Å². The largest absolute Gasteiger partial charge is 0.491 e. The Morgan fingerprint density at radius 3 is 2.84 bits per heavy atom. The van der Waals surface area contributed by atoms with E-state index >= 15 is 0 Å². The molecule has 1 atom stereocenters. The smallest absolute Gasteiger partial charge is 0.275 e. The van der Waals surface area contributed by atoms with Gasteiger partial charge in [0, 0.05) is 17.1 Å². The average molecular weight is 416 g/mol. The lowest BCUT2D eigenvalue weighted by Crippen LogP contribution is -2.26. The highest BCUT2D eigenvalue weighted by atomic mass is 16.5. The van der Waals surface area contributed by atoms with Gasteiger partial charge in [0.05, 0.1) is 36.5 Å². The summed E-state index contributed by atoms with van der Waals surface area (Å²) in [6, 6.07) is 13.3. The molecule has 158 valence electrons. The van der Waals surface area contributed by atoms with Crippen molar-refractivity contribution in [1.82, 2.24) is 20.0 Å². The predicted octanol–water partition coefficient (Wildman–Crippen LogP) is 3.95. The third-order valence-corrected chi connectivity index (χ3v) is 5.58. The molecule has 0 radical (unpaired) electrons. The Labute approximate surface area is 179 Å². The van der Waals surface area contributed by atoms with Gasteiger partial charge in [-0.1, -0.05) is 24.3 Å². The summed E-state index contributed by atoms with van der Waals surface area (Å²) in [7, 11) is 0. The van der Waals surface area contributed by atoms with Gasteiger partial charge in [-0.05, 0) is 49.1 Å². The van der Waals surface area contributed by atoms with Crippen molar-refractivity contribution in [2.75, 3.05) is 13.2 Å². The number of H-pyrrole nitrogens is 1. The topological polar surface area (TPSA) is 82.0 Å². The predicted molar refractivity (Wildman–Crippen MR) is 118 cm³/mol. The van der Waals surface area contributed by atoms with E-state index in [2.05, 4.69) is 15.3 Å². The van der Waals surface area contributed by atoms with Crippen LogP contribution in [0.15, 0.2) is 65.8 Å². The summed E-state index contributed by atoms with van der Waals surface area (Å²) in [4.78, 5) is 13.3. The Hall–Kier alpha value is -3.45. The molecule has 5 rings (SSSR count). The third-order valence-electron chi connectivity index (χ3n) is 5.58. The number of rotatable bonds is 8. The van der Waals surface area contributed by atoms with Crippen LogP contribution in [-0.4, -0.2) is 39.3 Å². The van der Waals surface area contributed by atoms with Gasteiger partial charge in [0.2, 0.25) is 0 Å². The van der Waals surface area contributed by atoms with Gasteiger partial charge in [-0.25, -0.2) is 4.68 Å². The first-order valence-electron chi connectivity index (χ1n) is 10.5. The molecule has 0 aliphatic heterocycles. The maximum atomic E-state index is 13.3. The molecule has 0 bridgehead atoms. The van der Waals surface area contributed by atoms with Gasteiger partial charge in [0.15, 0.2) is 0 Å². The van der Waals surface area contributed by atoms with Crippen LogP contribution in [0.25, 0.3) is 21.9 Å². The number of ether oxygens (including phenoxy) is 2. The monoisotopic (exact) mass is 416 g/mol. The Morgan fingerprint density at radius 2 is 2.03 bits per heavy atom. The second-order valence-electron chi connectivity index (χ2n) is 7.85. The second kappa shape index (κ2) is 8.35. The maximum Gasteiger partial charge on any atom is 0.275 e. The molecular formula is C24H24N4O3. The Balaban J connectivity index is 1.39. The first-order chi connectivity index (χ1) is 15.2. The average Bonchev–Trinajstić information content (AvgIpc) is 3.46. The fourth-order valence-corrected chi connectivity index (χ4v) is 3.63. The van der Waals surface area contributed by atoms with E-state index in [4.69, 9.17) is 9.47 Å². The van der Waals surface area contributed by atoms with Crippen molar-refractivity contribution in [3.8, 4) is 16.9 Å². The Morgan fingerprint density at radius 1 is 1.13 bits per heavy atom. The molecule has 0 amide bonds. The summed E-state index contributed by atoms with van der Waals surface area (Å²) in [5.74, 6) is 0.764. The fraction of sp³-hybridized carbons (Fsp3) is 0.292. The Kier molecular flexibility index (Phi) is 5.26. The lowest BCUT2D eigenvalue weighted by atomic mass is 10.0. The van der Waals surface area contributed by atoms with E-state index in [0.29, 0.717) is 24.7 Å². The van der Waals surface area contributed by atoms with Gasteiger partial charge >= 0.3 is 0 Å². The van der Waals surface area contributed by atoms with Crippen LogP contribution >= 0.6 is 0 Å². The summed E-state index contributed by atoms with van der Waals surface area (Å²) < 4.78 is 13.0. The highest BCUT2D eigenvalue weighted by molar-refractivity contribution is 5.85. The number of aromatic amines is 1. The number of nitrogens with one attached hydrogen (secondary N) is 1. The molecule has 0 unspecified atom stereocenters. The standard InChI is InChI=1S/C24H24N4O3/c1-16(17-3-2-4-22(11-17)31-10-9-30-21-7-8-21)28-24(29)23-12-18(20-13-25-26-14-20)5-6-19(23)15-27-28/h2-6,11-16,21H,7-10H2,1H3,(H,25,26)/t16-/m1/s1. The van der Waals surface area contributed by atoms with E-state index in [-0.39, 0.29) is 11.6 Å². The molecule has 1 aliphatic carbocycles. The molecule has 0 spiro atoms. The summed E-state index contributed by atoms with van der Waals surface area (Å²) >= 11 is 0. The van der Waals surface area contributed by atoms with Crippen molar-refractivity contribution in [2.45, 2.75) is 31.9 Å². The van der Waals surface area contributed by atoms with E-state index in [9.17, 15) is 4.79 Å². The third kappa shape index (κ3) is 4.22. The fourth-order valence-electron chi connectivity index (χ4n) is 3.63.